The van der Waals surface area contributed by atoms with Gasteiger partial charge in [-0.25, -0.2) is 4.39 Å². The summed E-state index contributed by atoms with van der Waals surface area (Å²) in [6.45, 7) is 1.66. The van der Waals surface area contributed by atoms with Crippen LogP contribution in [0, 0.1) is 12.7 Å². The van der Waals surface area contributed by atoms with Gasteiger partial charge >= 0.3 is 0 Å². The van der Waals surface area contributed by atoms with Crippen LogP contribution >= 0.6 is 0 Å². The maximum Gasteiger partial charge on any atom is 0.248 e. The number of benzene rings is 1. The number of furan rings is 1. The zero-order chi connectivity index (χ0) is 13.0. The second-order valence-corrected chi connectivity index (χ2v) is 3.80. The third-order valence-electron chi connectivity index (χ3n) is 2.38. The summed E-state index contributed by atoms with van der Waals surface area (Å²) in [4.78, 5) is 11.5. The average Bonchev–Trinajstić information content (AvgIpc) is 2.84. The molecule has 1 amide bonds. The SMILES string of the molecule is Cc1ccc(NC(=O)C=Cc2ccco2)cc1F. The molecule has 2 aromatic rings. The van der Waals surface area contributed by atoms with Gasteiger partial charge in [-0.05, 0) is 42.8 Å². The Balaban J connectivity index is 2.01. The normalized spacial score (nSPS) is 10.8. The van der Waals surface area contributed by atoms with Crippen molar-refractivity contribution in [3.8, 4) is 0 Å². The highest BCUT2D eigenvalue weighted by atomic mass is 19.1. The fourth-order valence-corrected chi connectivity index (χ4v) is 1.40. The van der Waals surface area contributed by atoms with Crippen molar-refractivity contribution in [2.45, 2.75) is 6.92 Å². The Morgan fingerprint density at radius 1 is 1.39 bits per heavy atom. The first kappa shape index (κ1) is 12.1. The van der Waals surface area contributed by atoms with E-state index in [1.807, 2.05) is 0 Å². The van der Waals surface area contributed by atoms with Gasteiger partial charge in [0.05, 0.1) is 6.26 Å². The van der Waals surface area contributed by atoms with Crippen molar-refractivity contribution >= 4 is 17.7 Å². The first-order chi connectivity index (χ1) is 8.65. The summed E-state index contributed by atoms with van der Waals surface area (Å²) in [5.74, 6) is -0.0993. The maximum atomic E-state index is 13.3. The summed E-state index contributed by atoms with van der Waals surface area (Å²) in [7, 11) is 0. The van der Waals surface area contributed by atoms with E-state index in [0.29, 0.717) is 17.0 Å². The summed E-state index contributed by atoms with van der Waals surface area (Å²) < 4.78 is 18.3. The highest BCUT2D eigenvalue weighted by Gasteiger charge is 2.02. The molecule has 0 spiro atoms. The molecular formula is C14H12FNO2. The number of nitrogens with one attached hydrogen (secondary N) is 1. The smallest absolute Gasteiger partial charge is 0.248 e. The van der Waals surface area contributed by atoms with Gasteiger partial charge < -0.3 is 9.73 Å². The third kappa shape index (κ3) is 3.07. The first-order valence-electron chi connectivity index (χ1n) is 5.44. The maximum absolute atomic E-state index is 13.3. The van der Waals surface area contributed by atoms with Crippen LogP contribution in [-0.4, -0.2) is 5.91 Å². The van der Waals surface area contributed by atoms with Crippen LogP contribution in [0.1, 0.15) is 11.3 Å². The highest BCUT2D eigenvalue weighted by Crippen LogP contribution is 2.13. The van der Waals surface area contributed by atoms with Crippen LogP contribution in [0.4, 0.5) is 10.1 Å². The van der Waals surface area contributed by atoms with Crippen LogP contribution in [0.5, 0.6) is 0 Å². The van der Waals surface area contributed by atoms with Crippen molar-refractivity contribution in [1.29, 1.82) is 0 Å². The molecule has 0 saturated carbocycles. The van der Waals surface area contributed by atoms with Gasteiger partial charge in [0.2, 0.25) is 5.91 Å². The van der Waals surface area contributed by atoms with Crippen LogP contribution in [0.25, 0.3) is 6.08 Å². The fourth-order valence-electron chi connectivity index (χ4n) is 1.40. The number of carbonyl (C=O) groups excluding carboxylic acids is 1. The van der Waals surface area contributed by atoms with Crippen molar-refractivity contribution in [2.75, 3.05) is 5.32 Å². The van der Waals surface area contributed by atoms with Crippen LogP contribution in [-0.2, 0) is 4.79 Å². The lowest BCUT2D eigenvalue weighted by Crippen LogP contribution is -2.07. The minimum absolute atomic E-state index is 0.338. The number of rotatable bonds is 3. The molecule has 0 aliphatic heterocycles. The number of aryl methyl sites for hydroxylation is 1. The van der Waals surface area contributed by atoms with Crippen molar-refractivity contribution < 1.29 is 13.6 Å². The lowest BCUT2D eigenvalue weighted by Gasteiger charge is -2.03. The lowest BCUT2D eigenvalue weighted by molar-refractivity contribution is -0.111. The molecule has 1 aromatic carbocycles. The molecule has 1 aromatic heterocycles. The number of halogens is 1. The van der Waals surface area contributed by atoms with Crippen LogP contribution in [0.3, 0.4) is 0 Å². The number of hydrogen-bond acceptors (Lipinski definition) is 2. The Bertz CT molecular complexity index is 573. The molecule has 18 heavy (non-hydrogen) atoms. The predicted octanol–water partition coefficient (Wildman–Crippen LogP) is 3.38. The van der Waals surface area contributed by atoms with E-state index in [2.05, 4.69) is 5.32 Å². The van der Waals surface area contributed by atoms with Gasteiger partial charge in [0.1, 0.15) is 11.6 Å². The number of amides is 1. The molecule has 1 N–H and O–H groups in total. The zero-order valence-corrected chi connectivity index (χ0v) is 9.81. The molecule has 0 atom stereocenters. The minimum atomic E-state index is -0.345. The van der Waals surface area contributed by atoms with Gasteiger partial charge in [0, 0.05) is 11.8 Å². The van der Waals surface area contributed by atoms with E-state index in [0.717, 1.165) is 0 Å². The van der Waals surface area contributed by atoms with Gasteiger partial charge in [0.25, 0.3) is 0 Å². The minimum Gasteiger partial charge on any atom is -0.465 e. The van der Waals surface area contributed by atoms with E-state index in [1.165, 1.54) is 18.4 Å². The number of carbonyl (C=O) groups is 1. The Morgan fingerprint density at radius 2 is 2.22 bits per heavy atom. The van der Waals surface area contributed by atoms with E-state index >= 15 is 0 Å². The Kier molecular flexibility index (Phi) is 3.57. The highest BCUT2D eigenvalue weighted by molar-refractivity contribution is 6.01. The Morgan fingerprint density at radius 3 is 2.89 bits per heavy atom. The van der Waals surface area contributed by atoms with Crippen LogP contribution < -0.4 is 5.32 Å². The standard InChI is InChI=1S/C14H12FNO2/c1-10-4-5-11(9-13(10)15)16-14(17)7-6-12-3-2-8-18-12/h2-9H,1H3,(H,16,17). The molecule has 4 heteroatoms. The van der Waals surface area contributed by atoms with Crippen LogP contribution in [0.2, 0.25) is 0 Å². The molecule has 0 saturated heterocycles. The molecule has 0 radical (unpaired) electrons. The molecule has 92 valence electrons. The summed E-state index contributed by atoms with van der Waals surface area (Å²) in [5.41, 5.74) is 0.964. The summed E-state index contributed by atoms with van der Waals surface area (Å²) in [5, 5.41) is 2.56. The number of hydrogen-bond donors (Lipinski definition) is 1. The van der Waals surface area contributed by atoms with Gasteiger partial charge in [-0.3, -0.25) is 4.79 Å². The van der Waals surface area contributed by atoms with E-state index < -0.39 is 0 Å². The molecule has 1 heterocycles. The summed E-state index contributed by atoms with van der Waals surface area (Å²) in [6.07, 6.45) is 4.39. The average molecular weight is 245 g/mol. The van der Waals surface area contributed by atoms with Crippen molar-refractivity contribution in [3.05, 3.63) is 59.8 Å². The Labute approximate surface area is 104 Å². The monoisotopic (exact) mass is 245 g/mol. The predicted molar refractivity (Wildman–Crippen MR) is 67.5 cm³/mol. The molecule has 0 aliphatic carbocycles. The van der Waals surface area contributed by atoms with Crippen molar-refractivity contribution in [2.24, 2.45) is 0 Å². The van der Waals surface area contributed by atoms with Gasteiger partial charge in [-0.2, -0.15) is 0 Å². The quantitative estimate of drug-likeness (QED) is 0.842. The molecule has 0 fully saturated rings. The van der Waals surface area contributed by atoms with E-state index in [1.54, 1.807) is 37.3 Å². The molecule has 2 rings (SSSR count). The van der Waals surface area contributed by atoms with E-state index in [9.17, 15) is 9.18 Å². The molecule has 0 unspecified atom stereocenters. The van der Waals surface area contributed by atoms with Gasteiger partial charge in [0.15, 0.2) is 0 Å². The van der Waals surface area contributed by atoms with Crippen molar-refractivity contribution in [1.82, 2.24) is 0 Å². The molecule has 3 nitrogen and oxygen atoms in total. The van der Waals surface area contributed by atoms with Crippen molar-refractivity contribution in [3.63, 3.8) is 0 Å². The Hall–Kier alpha value is -2.36. The summed E-state index contributed by atoms with van der Waals surface area (Å²) in [6, 6.07) is 8.01. The first-order valence-corrected chi connectivity index (χ1v) is 5.44. The second-order valence-electron chi connectivity index (χ2n) is 3.80. The van der Waals surface area contributed by atoms with E-state index in [4.69, 9.17) is 4.42 Å². The summed E-state index contributed by atoms with van der Waals surface area (Å²) >= 11 is 0. The molecular weight excluding hydrogens is 233 g/mol. The topological polar surface area (TPSA) is 42.2 Å². The largest absolute Gasteiger partial charge is 0.465 e. The molecule has 0 bridgehead atoms. The lowest BCUT2D eigenvalue weighted by atomic mass is 10.2. The van der Waals surface area contributed by atoms with Crippen LogP contribution in [0.15, 0.2) is 47.1 Å². The zero-order valence-electron chi connectivity index (χ0n) is 9.81. The van der Waals surface area contributed by atoms with Gasteiger partial charge in [-0.15, -0.1) is 0 Å². The fraction of sp³-hybridized carbons (Fsp3) is 0.0714. The number of anilines is 1. The van der Waals surface area contributed by atoms with E-state index in [-0.39, 0.29) is 11.7 Å². The third-order valence-corrected chi connectivity index (χ3v) is 2.38. The second kappa shape index (κ2) is 5.31. The molecule has 0 aliphatic rings. The van der Waals surface area contributed by atoms with Gasteiger partial charge in [-0.1, -0.05) is 6.07 Å².